The van der Waals surface area contributed by atoms with Crippen molar-refractivity contribution in [2.24, 2.45) is 0 Å². The van der Waals surface area contributed by atoms with Crippen LogP contribution in [0.5, 0.6) is 0 Å². The van der Waals surface area contributed by atoms with Crippen molar-refractivity contribution in [2.45, 2.75) is 102 Å². The minimum atomic E-state index is -0.429. The van der Waals surface area contributed by atoms with Crippen molar-refractivity contribution in [3.63, 3.8) is 0 Å². The number of benzene rings is 1. The van der Waals surface area contributed by atoms with E-state index in [1.165, 1.54) is 6.42 Å². The van der Waals surface area contributed by atoms with Gasteiger partial charge in [-0.2, -0.15) is 0 Å². The lowest BCUT2D eigenvalue weighted by Gasteiger charge is -2.47. The lowest BCUT2D eigenvalue weighted by Crippen LogP contribution is -2.58. The van der Waals surface area contributed by atoms with Crippen LogP contribution < -0.4 is 0 Å². The van der Waals surface area contributed by atoms with E-state index in [0.29, 0.717) is 63.9 Å². The van der Waals surface area contributed by atoms with E-state index >= 15 is 0 Å². The highest BCUT2D eigenvalue weighted by Crippen LogP contribution is 2.33. The molecule has 2 amide bonds. The molecule has 0 unspecified atom stereocenters. The Labute approximate surface area is 301 Å². The summed E-state index contributed by atoms with van der Waals surface area (Å²) in [5, 5.41) is 3.67. The van der Waals surface area contributed by atoms with Crippen LogP contribution in [0.2, 0.25) is 5.02 Å². The molecule has 10 nitrogen and oxygen atoms in total. The van der Waals surface area contributed by atoms with E-state index in [1.54, 1.807) is 25.6 Å². The molecule has 3 heterocycles. The lowest BCUT2D eigenvalue weighted by molar-refractivity contribution is -0.151. The van der Waals surface area contributed by atoms with Crippen LogP contribution in [0.1, 0.15) is 97.8 Å². The highest BCUT2D eigenvalue weighted by atomic mass is 35.5. The number of morpholine rings is 1. The molecule has 1 spiro atoms. The summed E-state index contributed by atoms with van der Waals surface area (Å²) < 4.78 is 23.1. The predicted octanol–water partition coefficient (Wildman–Crippen LogP) is 6.16. The predicted molar refractivity (Wildman–Crippen MR) is 192 cm³/mol. The highest BCUT2D eigenvalue weighted by Gasteiger charge is 2.41. The van der Waals surface area contributed by atoms with E-state index in [0.717, 1.165) is 79.3 Å². The monoisotopic (exact) mass is 718 g/mol. The Balaban J connectivity index is 1.06. The summed E-state index contributed by atoms with van der Waals surface area (Å²) in [4.78, 5) is 37.4. The minimum absolute atomic E-state index is 0.0103. The topological polar surface area (TPSA) is 93.7 Å². The average Bonchev–Trinajstić information content (AvgIpc) is 3.62. The Hall–Kier alpha value is -2.12. The number of aromatic nitrogens is 1. The van der Waals surface area contributed by atoms with Crippen LogP contribution in [0.3, 0.4) is 0 Å². The smallest absolute Gasteiger partial charge is 0.273 e. The maximum atomic E-state index is 13.3. The molecular weight excluding hydrogens is 664 g/mol. The van der Waals surface area contributed by atoms with Crippen LogP contribution in [0.25, 0.3) is 0 Å². The van der Waals surface area contributed by atoms with Crippen LogP contribution in [0.15, 0.2) is 23.6 Å². The number of methoxy groups -OCH3 is 2. The Bertz CT molecular complexity index is 1360. The first-order valence-electron chi connectivity index (χ1n) is 18.0. The van der Waals surface area contributed by atoms with Gasteiger partial charge in [-0.1, -0.05) is 62.9 Å². The second-order valence-corrected chi connectivity index (χ2v) is 15.3. The summed E-state index contributed by atoms with van der Waals surface area (Å²) in [5.74, 6) is 0.416. The number of hydrogen-bond acceptors (Lipinski definition) is 9. The standard InChI is InChI=1S/C37H55ClN4O6S/c1-27(2)35-39-31(25-49-35)36(44)41-19-22-48-37(26-41)15-17-40(18-16-37)23-29-10-8-9-28(34(29)38)13-20-47-21-14-32(43)42(24-33(45-3)46-4)30-11-6-5-7-12-30/h8-10,25,27,30,33H,5-7,11-24,26H2,1-4H3. The zero-order valence-corrected chi connectivity index (χ0v) is 31.4. The van der Waals surface area contributed by atoms with Gasteiger partial charge in [-0.15, -0.1) is 11.3 Å². The minimum Gasteiger partial charge on any atom is -0.381 e. The van der Waals surface area contributed by atoms with Gasteiger partial charge in [0.25, 0.3) is 5.91 Å². The van der Waals surface area contributed by atoms with Crippen molar-refractivity contribution in [1.82, 2.24) is 19.7 Å². The molecule has 3 aliphatic rings. The molecule has 0 radical (unpaired) electrons. The highest BCUT2D eigenvalue weighted by molar-refractivity contribution is 7.09. The number of nitrogens with zero attached hydrogens (tertiary/aromatic N) is 4. The maximum Gasteiger partial charge on any atom is 0.273 e. The number of halogens is 1. The van der Waals surface area contributed by atoms with Crippen LogP contribution in [-0.2, 0) is 36.7 Å². The third-order valence-electron chi connectivity index (χ3n) is 10.3. The Morgan fingerprint density at radius 1 is 1.08 bits per heavy atom. The van der Waals surface area contributed by atoms with Gasteiger partial charge in [0.15, 0.2) is 6.29 Å². The number of rotatable bonds is 15. The summed E-state index contributed by atoms with van der Waals surface area (Å²) in [6.07, 6.45) is 7.90. The van der Waals surface area contributed by atoms with E-state index < -0.39 is 6.29 Å². The van der Waals surface area contributed by atoms with Crippen LogP contribution >= 0.6 is 22.9 Å². The van der Waals surface area contributed by atoms with Gasteiger partial charge in [0.1, 0.15) is 5.69 Å². The molecule has 49 heavy (non-hydrogen) atoms. The Morgan fingerprint density at radius 2 is 1.82 bits per heavy atom. The van der Waals surface area contributed by atoms with Crippen LogP contribution in [0.4, 0.5) is 0 Å². The number of hydrogen-bond donors (Lipinski definition) is 0. The van der Waals surface area contributed by atoms with Gasteiger partial charge >= 0.3 is 0 Å². The quantitative estimate of drug-likeness (QED) is 0.160. The number of thiazole rings is 1. The fourth-order valence-electron chi connectivity index (χ4n) is 7.28. The number of carbonyl (C=O) groups excluding carboxylic acids is 2. The summed E-state index contributed by atoms with van der Waals surface area (Å²) in [6.45, 7) is 9.78. The van der Waals surface area contributed by atoms with Crippen LogP contribution in [-0.4, -0.2) is 116 Å². The molecule has 1 aliphatic carbocycles. The van der Waals surface area contributed by atoms with E-state index in [2.05, 4.69) is 41.9 Å². The molecule has 2 aromatic rings. The van der Waals surface area contributed by atoms with E-state index in [4.69, 9.17) is 30.5 Å². The Kier molecular flexibility index (Phi) is 14.3. The normalized spacial score (nSPS) is 18.9. The maximum absolute atomic E-state index is 13.3. The molecule has 1 aromatic carbocycles. The number of ether oxygens (including phenoxy) is 4. The van der Waals surface area contributed by atoms with E-state index in [-0.39, 0.29) is 23.5 Å². The molecule has 1 aromatic heterocycles. The fraction of sp³-hybridized carbons (Fsp3) is 0.703. The van der Waals surface area contributed by atoms with Crippen molar-refractivity contribution in [1.29, 1.82) is 0 Å². The molecule has 0 bridgehead atoms. The molecule has 2 aliphatic heterocycles. The second-order valence-electron chi connectivity index (χ2n) is 14.0. The first-order valence-corrected chi connectivity index (χ1v) is 19.3. The largest absolute Gasteiger partial charge is 0.381 e. The molecule has 0 atom stereocenters. The number of amides is 2. The molecule has 12 heteroatoms. The molecule has 0 N–H and O–H groups in total. The average molecular weight is 719 g/mol. The molecule has 3 fully saturated rings. The van der Waals surface area contributed by atoms with Crippen molar-refractivity contribution in [2.75, 3.05) is 66.8 Å². The zero-order valence-electron chi connectivity index (χ0n) is 29.8. The van der Waals surface area contributed by atoms with Gasteiger partial charge in [-0.3, -0.25) is 14.5 Å². The van der Waals surface area contributed by atoms with E-state index in [1.807, 2.05) is 15.2 Å². The molecule has 5 rings (SSSR count). The van der Waals surface area contributed by atoms with E-state index in [9.17, 15) is 9.59 Å². The third kappa shape index (κ3) is 10.2. The lowest BCUT2D eigenvalue weighted by atomic mass is 9.89. The van der Waals surface area contributed by atoms with Crippen molar-refractivity contribution in [3.8, 4) is 0 Å². The van der Waals surface area contributed by atoms with Gasteiger partial charge in [0.05, 0.1) is 49.9 Å². The van der Waals surface area contributed by atoms with Gasteiger partial charge in [0, 0.05) is 62.8 Å². The van der Waals surface area contributed by atoms with Gasteiger partial charge in [0.2, 0.25) is 5.91 Å². The molecule has 1 saturated carbocycles. The Morgan fingerprint density at radius 3 is 2.51 bits per heavy atom. The summed E-state index contributed by atoms with van der Waals surface area (Å²) >= 11 is 8.49. The first kappa shape index (κ1) is 38.1. The molecule has 2 saturated heterocycles. The zero-order chi connectivity index (χ0) is 34.8. The third-order valence-corrected chi connectivity index (χ3v) is 11.9. The summed E-state index contributed by atoms with van der Waals surface area (Å²) in [7, 11) is 3.22. The van der Waals surface area contributed by atoms with Gasteiger partial charge < -0.3 is 28.7 Å². The molecule has 272 valence electrons. The van der Waals surface area contributed by atoms with Crippen LogP contribution in [0, 0.1) is 0 Å². The van der Waals surface area contributed by atoms with Gasteiger partial charge in [-0.25, -0.2) is 4.98 Å². The number of likely N-dealkylation sites (tertiary alicyclic amines) is 1. The molecular formula is C37H55ClN4O6S. The number of piperidine rings is 1. The van der Waals surface area contributed by atoms with Crippen molar-refractivity contribution in [3.05, 3.63) is 50.4 Å². The number of carbonyl (C=O) groups is 2. The van der Waals surface area contributed by atoms with Gasteiger partial charge in [-0.05, 0) is 43.2 Å². The SMILES string of the molecule is COC(CN(C(=O)CCOCCc1cccc(CN2CCC3(CC2)CN(C(=O)c2csc(C(C)C)n2)CCO3)c1Cl)C1CCCCC1)OC. The fourth-order valence-corrected chi connectivity index (χ4v) is 8.37. The van der Waals surface area contributed by atoms with Crippen molar-refractivity contribution < 1.29 is 28.5 Å². The first-order chi connectivity index (χ1) is 23.7. The second kappa shape index (κ2) is 18.4. The van der Waals surface area contributed by atoms with Crippen molar-refractivity contribution >= 4 is 34.8 Å². The summed E-state index contributed by atoms with van der Waals surface area (Å²) in [5.41, 5.74) is 2.40. The summed E-state index contributed by atoms with van der Waals surface area (Å²) in [6, 6.07) is 6.45.